The number of amides is 1. The van der Waals surface area contributed by atoms with Gasteiger partial charge in [0.05, 0.1) is 0 Å². The van der Waals surface area contributed by atoms with E-state index >= 15 is 0 Å². The summed E-state index contributed by atoms with van der Waals surface area (Å²) in [7, 11) is 1.99. The van der Waals surface area contributed by atoms with Gasteiger partial charge in [0.25, 0.3) is 0 Å². The molecule has 8 nitrogen and oxygen atoms in total. The van der Waals surface area contributed by atoms with Crippen LogP contribution < -0.4 is 11.1 Å². The Hall–Kier alpha value is -3.03. The molecule has 0 aliphatic carbocycles. The molecule has 0 unspecified atom stereocenters. The third-order valence-electron chi connectivity index (χ3n) is 4.86. The van der Waals surface area contributed by atoms with Gasteiger partial charge in [-0.25, -0.2) is 0 Å². The number of aromatic nitrogens is 5. The number of nitrogens with two attached hydrogens (primary N) is 1. The first-order chi connectivity index (χ1) is 14.6. The molecule has 3 heterocycles. The molecule has 0 aliphatic heterocycles. The number of unbranched alkanes of at least 4 members (excludes halogenated alkanes) is 1. The summed E-state index contributed by atoms with van der Waals surface area (Å²) in [4.78, 5) is 12.5. The van der Waals surface area contributed by atoms with Crippen LogP contribution in [0.4, 0.5) is 10.5 Å². The number of aryl methyl sites for hydroxylation is 3. The first-order valence-corrected chi connectivity index (χ1v) is 11.5. The van der Waals surface area contributed by atoms with Crippen LogP contribution in [0.2, 0.25) is 0 Å². The van der Waals surface area contributed by atoms with E-state index in [1.54, 1.807) is 6.07 Å². The third kappa shape index (κ3) is 4.93. The minimum absolute atomic E-state index is 0.0184. The quantitative estimate of drug-likeness (QED) is 0.303. The molecular weight excluding hydrogens is 445 g/mol. The number of anilines is 2. The van der Waals surface area contributed by atoms with E-state index < -0.39 is 0 Å². The summed E-state index contributed by atoms with van der Waals surface area (Å²) < 4.78 is 3.80. The number of rotatable bonds is 8. The second-order valence-electron chi connectivity index (χ2n) is 7.16. The van der Waals surface area contributed by atoms with E-state index in [-0.39, 0.29) is 20.4 Å². The molecule has 1 aromatic carbocycles. The molecule has 9 heteroatoms. The molecule has 4 aromatic rings. The Labute approximate surface area is 180 Å². The Balaban J connectivity index is 1.26. The fraction of sp³-hybridized carbons (Fsp3) is 0.286. The number of carbonyl (C=O) groups is 1. The first-order valence-electron chi connectivity index (χ1n) is 9.82. The number of nitrogen functional groups attached to an aromatic ring is 1. The predicted molar refractivity (Wildman–Crippen MR) is 117 cm³/mol. The van der Waals surface area contributed by atoms with Gasteiger partial charge in [-0.3, -0.25) is 0 Å². The predicted octanol–water partition coefficient (Wildman–Crippen LogP) is 2.14. The molecule has 3 N–H and O–H groups in total. The van der Waals surface area contributed by atoms with E-state index in [2.05, 4.69) is 31.8 Å². The van der Waals surface area contributed by atoms with Crippen molar-refractivity contribution >= 4 is 41.8 Å². The van der Waals surface area contributed by atoms with Gasteiger partial charge in [-0.1, -0.05) is 0 Å². The summed E-state index contributed by atoms with van der Waals surface area (Å²) in [6, 6.07) is 11.8. The number of nitrogens with zero attached hydrogens (tertiary/aromatic N) is 5. The molecule has 0 atom stereocenters. The van der Waals surface area contributed by atoms with E-state index in [0.29, 0.717) is 16.9 Å². The summed E-state index contributed by atoms with van der Waals surface area (Å²) >= 11 is -0.0184. The average molecular weight is 468 g/mol. The number of carbonyl (C=O) groups excluding carboxylic acids is 1. The van der Waals surface area contributed by atoms with Gasteiger partial charge >= 0.3 is 180 Å². The molecule has 0 bridgehead atoms. The van der Waals surface area contributed by atoms with Gasteiger partial charge in [0.15, 0.2) is 0 Å². The van der Waals surface area contributed by atoms with Gasteiger partial charge in [-0.05, 0) is 0 Å². The van der Waals surface area contributed by atoms with E-state index in [1.807, 2.05) is 42.1 Å². The van der Waals surface area contributed by atoms with E-state index in [9.17, 15) is 4.79 Å². The molecule has 4 rings (SSSR count). The van der Waals surface area contributed by atoms with Gasteiger partial charge in [0.2, 0.25) is 0 Å². The fourth-order valence-corrected chi connectivity index (χ4v) is 5.07. The van der Waals surface area contributed by atoms with Crippen LogP contribution >= 0.6 is 0 Å². The Morgan fingerprint density at radius 3 is 2.73 bits per heavy atom. The maximum absolute atomic E-state index is 12.5. The Morgan fingerprint density at radius 2 is 1.90 bits per heavy atom. The fourth-order valence-electron chi connectivity index (χ4n) is 3.39. The summed E-state index contributed by atoms with van der Waals surface area (Å²) in [6.07, 6.45) is 6.08. The molecule has 0 spiro atoms. The third-order valence-corrected chi connectivity index (χ3v) is 6.74. The number of hydrogen-bond donors (Lipinski definition) is 2. The van der Waals surface area contributed by atoms with Crippen molar-refractivity contribution in [2.45, 2.75) is 32.1 Å². The second kappa shape index (κ2) is 9.19. The number of benzene rings is 1. The van der Waals surface area contributed by atoms with Crippen molar-refractivity contribution in [2.75, 3.05) is 11.1 Å². The van der Waals surface area contributed by atoms with Crippen molar-refractivity contribution in [3.05, 3.63) is 58.4 Å². The Morgan fingerprint density at radius 1 is 1.07 bits per heavy atom. The molecule has 30 heavy (non-hydrogen) atoms. The van der Waals surface area contributed by atoms with Crippen LogP contribution in [0.1, 0.15) is 28.7 Å². The summed E-state index contributed by atoms with van der Waals surface area (Å²) in [6.45, 7) is 0. The molecule has 0 aliphatic rings. The SMILES string of the molecule is Cn1cc(CC(=O)Nc2nnc(CCCCc3ccc(N)nn3)[se]2)c2ccccc21. The average Bonchev–Trinajstić information content (AvgIpc) is 3.31. The molecule has 0 saturated carbocycles. The van der Waals surface area contributed by atoms with Crippen LogP contribution in [0, 0.1) is 0 Å². The van der Waals surface area contributed by atoms with Gasteiger partial charge in [-0.15, -0.1) is 0 Å². The molecule has 3 aromatic heterocycles. The van der Waals surface area contributed by atoms with Crippen LogP contribution in [0.15, 0.2) is 42.6 Å². The van der Waals surface area contributed by atoms with Gasteiger partial charge in [0.1, 0.15) is 0 Å². The van der Waals surface area contributed by atoms with Crippen molar-refractivity contribution < 1.29 is 4.79 Å². The van der Waals surface area contributed by atoms with Crippen LogP contribution in [0.3, 0.4) is 0 Å². The number of hydrogen-bond acceptors (Lipinski definition) is 6. The van der Waals surface area contributed by atoms with Gasteiger partial charge < -0.3 is 0 Å². The Bertz CT molecular complexity index is 1150. The van der Waals surface area contributed by atoms with Crippen LogP contribution in [-0.4, -0.2) is 45.4 Å². The summed E-state index contributed by atoms with van der Waals surface area (Å²) in [5.41, 5.74) is 8.63. The normalized spacial score (nSPS) is 11.1. The molecule has 0 saturated heterocycles. The first kappa shape index (κ1) is 20.3. The maximum atomic E-state index is 12.5. The molecule has 0 fully saturated rings. The van der Waals surface area contributed by atoms with Crippen molar-refractivity contribution in [2.24, 2.45) is 7.05 Å². The molecular formula is C21H23N7OSe. The van der Waals surface area contributed by atoms with Crippen molar-refractivity contribution in [1.82, 2.24) is 25.0 Å². The summed E-state index contributed by atoms with van der Waals surface area (Å²) in [5.74, 6) is 0.388. The molecule has 1 amide bonds. The topological polar surface area (TPSA) is 112 Å². The minimum atomic E-state index is -0.0506. The standard InChI is InChI=1S/C21H23N7OSe/c1-28-13-14(16-7-3-4-8-17(16)28)12-19(29)23-21-27-26-20(30-21)9-5-2-6-15-10-11-18(22)25-24-15/h3-4,7-8,10-11,13H,2,5-6,9,12H2,1H3,(H2,22,25)(H,23,27,29). The van der Waals surface area contributed by atoms with Crippen LogP contribution in [0.5, 0.6) is 0 Å². The molecule has 154 valence electrons. The van der Waals surface area contributed by atoms with Crippen molar-refractivity contribution in [3.63, 3.8) is 0 Å². The van der Waals surface area contributed by atoms with Crippen molar-refractivity contribution in [3.8, 4) is 0 Å². The monoisotopic (exact) mass is 469 g/mol. The van der Waals surface area contributed by atoms with Crippen LogP contribution in [-0.2, 0) is 31.1 Å². The van der Waals surface area contributed by atoms with E-state index in [0.717, 1.165) is 52.4 Å². The summed E-state index contributed by atoms with van der Waals surface area (Å²) in [5, 5.41) is 20.4. The Kier molecular flexibility index (Phi) is 6.20. The van der Waals surface area contributed by atoms with E-state index in [1.165, 1.54) is 0 Å². The zero-order chi connectivity index (χ0) is 20.9. The van der Waals surface area contributed by atoms with Crippen molar-refractivity contribution in [1.29, 1.82) is 0 Å². The van der Waals surface area contributed by atoms with Crippen LogP contribution in [0.25, 0.3) is 10.9 Å². The number of fused-ring (bicyclic) bond motifs is 1. The van der Waals surface area contributed by atoms with Gasteiger partial charge in [0, 0.05) is 0 Å². The second-order valence-corrected chi connectivity index (χ2v) is 9.39. The van der Waals surface area contributed by atoms with E-state index in [4.69, 9.17) is 5.73 Å². The molecule has 0 radical (unpaired) electrons. The number of para-hydroxylation sites is 1. The number of nitrogens with one attached hydrogen (secondary N) is 1. The van der Waals surface area contributed by atoms with Gasteiger partial charge in [-0.2, -0.15) is 0 Å². The zero-order valence-electron chi connectivity index (χ0n) is 16.7. The zero-order valence-corrected chi connectivity index (χ0v) is 18.4.